The maximum atomic E-state index is 6.06. The fraction of sp³-hybridized carbons (Fsp3) is 0.562. The van der Waals surface area contributed by atoms with Gasteiger partial charge in [-0.15, -0.1) is 0 Å². The lowest BCUT2D eigenvalue weighted by molar-refractivity contribution is 0.265. The van der Waals surface area contributed by atoms with Crippen LogP contribution in [-0.2, 0) is 0 Å². The summed E-state index contributed by atoms with van der Waals surface area (Å²) in [6.45, 7) is 5.90. The molecule has 0 bridgehead atoms. The molecule has 1 saturated carbocycles. The fourth-order valence-electron chi connectivity index (χ4n) is 2.70. The fourth-order valence-corrected chi connectivity index (χ4v) is 2.88. The van der Waals surface area contributed by atoms with Crippen LogP contribution in [0.1, 0.15) is 12.8 Å². The first-order chi connectivity index (χ1) is 10.7. The molecule has 5 nitrogen and oxygen atoms in total. The van der Waals surface area contributed by atoms with Gasteiger partial charge in [0.2, 0.25) is 0 Å². The molecule has 0 unspecified atom stereocenters. The van der Waals surface area contributed by atoms with Gasteiger partial charge >= 0.3 is 0 Å². The number of anilines is 1. The Balaban J connectivity index is 1.40. The molecule has 1 aromatic carbocycles. The topological polar surface area (TPSA) is 56.9 Å². The smallest absolute Gasteiger partial charge is 0.188 e. The summed E-state index contributed by atoms with van der Waals surface area (Å²) in [7, 11) is 0. The number of nitrogens with one attached hydrogen (secondary N) is 1. The Bertz CT molecular complexity index is 521. The summed E-state index contributed by atoms with van der Waals surface area (Å²) in [5, 5.41) is 4.01. The van der Waals surface area contributed by atoms with E-state index in [1.54, 1.807) is 0 Å². The van der Waals surface area contributed by atoms with Gasteiger partial charge in [0.25, 0.3) is 0 Å². The number of rotatable bonds is 5. The number of benzene rings is 1. The molecule has 120 valence electrons. The van der Waals surface area contributed by atoms with Crippen molar-refractivity contribution >= 4 is 23.2 Å². The third kappa shape index (κ3) is 4.52. The Morgan fingerprint density at radius 3 is 2.73 bits per heavy atom. The largest absolute Gasteiger partial charge is 0.370 e. The summed E-state index contributed by atoms with van der Waals surface area (Å²) in [6, 6.07) is 8.65. The summed E-state index contributed by atoms with van der Waals surface area (Å²) in [5.74, 6) is 0.597. The third-order valence-electron chi connectivity index (χ3n) is 4.17. The molecule has 22 heavy (non-hydrogen) atoms. The number of nitrogens with zero attached hydrogens (tertiary/aromatic N) is 3. The lowest BCUT2D eigenvalue weighted by atomic mass is 10.2. The van der Waals surface area contributed by atoms with Crippen LogP contribution >= 0.6 is 11.6 Å². The molecule has 1 saturated heterocycles. The Morgan fingerprint density at radius 1 is 1.27 bits per heavy atom. The van der Waals surface area contributed by atoms with Gasteiger partial charge in [0.05, 0.1) is 6.54 Å². The number of piperazine rings is 1. The standard InChI is InChI=1S/C16H24ClN5/c17-13-2-1-3-15(12-13)22-10-8-21(9-11-22)7-6-19-16(18)20-14-4-5-14/h1-3,12,14H,4-11H2,(H3,18,19,20). The molecule has 3 rings (SSSR count). The monoisotopic (exact) mass is 321 g/mol. The van der Waals surface area contributed by atoms with Crippen LogP contribution in [0.2, 0.25) is 5.02 Å². The highest BCUT2D eigenvalue weighted by Gasteiger charge is 2.21. The predicted octanol–water partition coefficient (Wildman–Crippen LogP) is 1.53. The molecule has 6 heteroatoms. The molecule has 1 heterocycles. The van der Waals surface area contributed by atoms with Crippen molar-refractivity contribution in [2.75, 3.05) is 44.2 Å². The van der Waals surface area contributed by atoms with Gasteiger partial charge in [0, 0.05) is 49.5 Å². The van der Waals surface area contributed by atoms with Crippen molar-refractivity contribution in [3.8, 4) is 0 Å². The van der Waals surface area contributed by atoms with Crippen LogP contribution in [0.4, 0.5) is 5.69 Å². The molecule has 3 N–H and O–H groups in total. The highest BCUT2D eigenvalue weighted by Crippen LogP contribution is 2.20. The number of halogens is 1. The molecule has 0 radical (unpaired) electrons. The quantitative estimate of drug-likeness (QED) is 0.638. The molecular formula is C16H24ClN5. The SMILES string of the molecule is NC(=NCCN1CCN(c2cccc(Cl)c2)CC1)NC1CC1. The first kappa shape index (κ1) is 15.4. The van der Waals surface area contributed by atoms with Crippen LogP contribution in [0.5, 0.6) is 0 Å². The summed E-state index contributed by atoms with van der Waals surface area (Å²) in [6.07, 6.45) is 2.45. The average Bonchev–Trinajstić information content (AvgIpc) is 3.32. The minimum absolute atomic E-state index is 0.574. The van der Waals surface area contributed by atoms with Gasteiger partial charge in [0.1, 0.15) is 0 Å². The average molecular weight is 322 g/mol. The normalized spacial score (nSPS) is 20.2. The van der Waals surface area contributed by atoms with Crippen LogP contribution < -0.4 is 16.0 Å². The minimum atomic E-state index is 0.574. The van der Waals surface area contributed by atoms with E-state index < -0.39 is 0 Å². The molecule has 0 spiro atoms. The molecule has 0 amide bonds. The Labute approximate surface area is 137 Å². The lowest BCUT2D eigenvalue weighted by Crippen LogP contribution is -2.47. The summed E-state index contributed by atoms with van der Waals surface area (Å²) in [5.41, 5.74) is 7.05. The molecule has 2 aliphatic rings. The zero-order valence-electron chi connectivity index (χ0n) is 12.8. The first-order valence-corrected chi connectivity index (χ1v) is 8.38. The molecule has 1 aliphatic carbocycles. The predicted molar refractivity (Wildman–Crippen MR) is 92.8 cm³/mol. The Morgan fingerprint density at radius 2 is 2.05 bits per heavy atom. The second-order valence-electron chi connectivity index (χ2n) is 5.99. The zero-order chi connectivity index (χ0) is 15.4. The second-order valence-corrected chi connectivity index (χ2v) is 6.43. The molecule has 1 aliphatic heterocycles. The minimum Gasteiger partial charge on any atom is -0.370 e. The van der Waals surface area contributed by atoms with Gasteiger partial charge < -0.3 is 16.0 Å². The number of nitrogens with two attached hydrogens (primary N) is 1. The molecular weight excluding hydrogens is 298 g/mol. The van der Waals surface area contributed by atoms with Crippen molar-refractivity contribution in [2.45, 2.75) is 18.9 Å². The summed E-state index contributed by atoms with van der Waals surface area (Å²) >= 11 is 6.06. The molecule has 1 aromatic rings. The van der Waals surface area contributed by atoms with Crippen molar-refractivity contribution in [1.82, 2.24) is 10.2 Å². The van der Waals surface area contributed by atoms with E-state index in [4.69, 9.17) is 17.3 Å². The van der Waals surface area contributed by atoms with Gasteiger partial charge in [-0.2, -0.15) is 0 Å². The molecule has 0 atom stereocenters. The number of aliphatic imine (C=N–C) groups is 1. The highest BCUT2D eigenvalue weighted by molar-refractivity contribution is 6.30. The van der Waals surface area contributed by atoms with E-state index >= 15 is 0 Å². The first-order valence-electron chi connectivity index (χ1n) is 8.00. The van der Waals surface area contributed by atoms with Crippen molar-refractivity contribution in [3.05, 3.63) is 29.3 Å². The lowest BCUT2D eigenvalue weighted by Gasteiger charge is -2.35. The van der Waals surface area contributed by atoms with Crippen molar-refractivity contribution in [1.29, 1.82) is 0 Å². The van der Waals surface area contributed by atoms with Crippen LogP contribution in [0.25, 0.3) is 0 Å². The van der Waals surface area contributed by atoms with E-state index in [1.807, 2.05) is 18.2 Å². The van der Waals surface area contributed by atoms with Gasteiger partial charge in [-0.25, -0.2) is 0 Å². The number of guanidine groups is 1. The van der Waals surface area contributed by atoms with Gasteiger partial charge in [-0.3, -0.25) is 9.89 Å². The molecule has 2 fully saturated rings. The van der Waals surface area contributed by atoms with E-state index in [0.29, 0.717) is 12.0 Å². The Kier molecular flexibility index (Phi) is 5.05. The van der Waals surface area contributed by atoms with Crippen LogP contribution in [0.15, 0.2) is 29.3 Å². The van der Waals surface area contributed by atoms with Crippen LogP contribution in [0.3, 0.4) is 0 Å². The molecule has 0 aromatic heterocycles. The Hall–Kier alpha value is -1.46. The van der Waals surface area contributed by atoms with Crippen molar-refractivity contribution in [3.63, 3.8) is 0 Å². The zero-order valence-corrected chi connectivity index (χ0v) is 13.6. The van der Waals surface area contributed by atoms with Gasteiger partial charge in [-0.1, -0.05) is 17.7 Å². The summed E-state index contributed by atoms with van der Waals surface area (Å²) < 4.78 is 0. The van der Waals surface area contributed by atoms with E-state index in [0.717, 1.165) is 44.3 Å². The highest BCUT2D eigenvalue weighted by atomic mass is 35.5. The third-order valence-corrected chi connectivity index (χ3v) is 4.41. The van der Waals surface area contributed by atoms with Crippen LogP contribution in [-0.4, -0.2) is 56.2 Å². The van der Waals surface area contributed by atoms with Gasteiger partial charge in [-0.05, 0) is 31.0 Å². The van der Waals surface area contributed by atoms with E-state index in [-0.39, 0.29) is 0 Å². The summed E-state index contributed by atoms with van der Waals surface area (Å²) in [4.78, 5) is 9.22. The van der Waals surface area contributed by atoms with Gasteiger partial charge in [0.15, 0.2) is 5.96 Å². The maximum Gasteiger partial charge on any atom is 0.188 e. The van der Waals surface area contributed by atoms with E-state index in [2.05, 4.69) is 26.2 Å². The number of hydrogen-bond donors (Lipinski definition) is 2. The number of hydrogen-bond acceptors (Lipinski definition) is 3. The van der Waals surface area contributed by atoms with Crippen LogP contribution in [0, 0.1) is 0 Å². The maximum absolute atomic E-state index is 6.06. The van der Waals surface area contributed by atoms with Crippen molar-refractivity contribution < 1.29 is 0 Å². The van der Waals surface area contributed by atoms with Crippen molar-refractivity contribution in [2.24, 2.45) is 10.7 Å². The van der Waals surface area contributed by atoms with E-state index in [1.165, 1.54) is 18.5 Å². The van der Waals surface area contributed by atoms with E-state index in [9.17, 15) is 0 Å². The second kappa shape index (κ2) is 7.20.